The SMILES string of the molecule is CC(=O)N[C@@H]1[C@H](OCc2ccccc2)O[C@H]2CO[C@@H](c3ccccc3)O[C@H]2[C@@H]1OCC#N. The number of carbonyl (C=O) groups excluding carboxylic acids is 1. The van der Waals surface area contributed by atoms with E-state index in [1.165, 1.54) is 6.92 Å². The van der Waals surface area contributed by atoms with Crippen molar-refractivity contribution in [1.29, 1.82) is 5.26 Å². The van der Waals surface area contributed by atoms with Gasteiger partial charge in [-0.3, -0.25) is 4.79 Å². The average molecular weight is 438 g/mol. The number of nitrogens with zero attached hydrogens (tertiary/aromatic N) is 1. The van der Waals surface area contributed by atoms with Gasteiger partial charge in [-0.25, -0.2) is 0 Å². The number of fused-ring (bicyclic) bond motifs is 1. The van der Waals surface area contributed by atoms with Gasteiger partial charge in [0.2, 0.25) is 5.91 Å². The van der Waals surface area contributed by atoms with Crippen LogP contribution in [0.4, 0.5) is 0 Å². The molecule has 4 rings (SSSR count). The van der Waals surface area contributed by atoms with E-state index in [1.54, 1.807) is 0 Å². The number of rotatable bonds is 7. The highest BCUT2D eigenvalue weighted by molar-refractivity contribution is 5.73. The molecule has 0 spiro atoms. The highest BCUT2D eigenvalue weighted by Crippen LogP contribution is 2.35. The Balaban J connectivity index is 1.55. The molecular weight excluding hydrogens is 412 g/mol. The molecule has 0 aliphatic carbocycles. The minimum Gasteiger partial charge on any atom is -0.358 e. The maximum atomic E-state index is 12.0. The standard InChI is InChI=1S/C24H26N2O6/c1-16(27)26-20-22(28-13-12-25)21-19(15-30-23(32-21)18-10-6-3-7-11-18)31-24(20)29-14-17-8-4-2-5-9-17/h2-11,19-24H,13-15H2,1H3,(H,26,27)/t19-,20-,21+,22+,23+,24+/m0/s1. The lowest BCUT2D eigenvalue weighted by molar-refractivity contribution is -0.348. The lowest BCUT2D eigenvalue weighted by atomic mass is 9.95. The van der Waals surface area contributed by atoms with Gasteiger partial charge >= 0.3 is 0 Å². The predicted molar refractivity (Wildman–Crippen MR) is 113 cm³/mol. The molecule has 2 aliphatic heterocycles. The van der Waals surface area contributed by atoms with Crippen LogP contribution in [0.25, 0.3) is 0 Å². The van der Waals surface area contributed by atoms with Crippen LogP contribution in [0.2, 0.25) is 0 Å². The van der Waals surface area contributed by atoms with Crippen molar-refractivity contribution in [2.45, 2.75) is 50.5 Å². The molecule has 8 nitrogen and oxygen atoms in total. The van der Waals surface area contributed by atoms with Crippen molar-refractivity contribution < 1.29 is 28.5 Å². The Bertz CT molecular complexity index is 919. The summed E-state index contributed by atoms with van der Waals surface area (Å²) < 4.78 is 30.2. The second-order valence-corrected chi connectivity index (χ2v) is 7.68. The maximum absolute atomic E-state index is 12.0. The molecule has 1 N–H and O–H groups in total. The van der Waals surface area contributed by atoms with Gasteiger partial charge in [-0.2, -0.15) is 5.26 Å². The average Bonchev–Trinajstić information content (AvgIpc) is 2.82. The molecule has 2 saturated heterocycles. The number of hydrogen-bond acceptors (Lipinski definition) is 7. The first kappa shape index (κ1) is 22.4. The van der Waals surface area contributed by atoms with Crippen molar-refractivity contribution in [2.24, 2.45) is 0 Å². The molecule has 32 heavy (non-hydrogen) atoms. The highest BCUT2D eigenvalue weighted by Gasteiger charge is 2.51. The van der Waals surface area contributed by atoms with Gasteiger partial charge in [-0.05, 0) is 5.56 Å². The largest absolute Gasteiger partial charge is 0.358 e. The molecule has 0 saturated carbocycles. The third-order valence-corrected chi connectivity index (χ3v) is 5.38. The quantitative estimate of drug-likeness (QED) is 0.709. The maximum Gasteiger partial charge on any atom is 0.217 e. The number of carbonyl (C=O) groups is 1. The molecule has 8 heteroatoms. The van der Waals surface area contributed by atoms with E-state index >= 15 is 0 Å². The van der Waals surface area contributed by atoms with Gasteiger partial charge < -0.3 is 29.0 Å². The monoisotopic (exact) mass is 438 g/mol. The molecule has 2 aromatic carbocycles. The molecule has 0 radical (unpaired) electrons. The zero-order valence-electron chi connectivity index (χ0n) is 17.8. The third kappa shape index (κ3) is 5.33. The van der Waals surface area contributed by atoms with Gasteiger partial charge in [0.05, 0.1) is 19.3 Å². The van der Waals surface area contributed by atoms with Crippen LogP contribution in [0, 0.1) is 11.3 Å². The summed E-state index contributed by atoms with van der Waals surface area (Å²) in [6, 6.07) is 20.5. The van der Waals surface area contributed by atoms with E-state index in [4.69, 9.17) is 28.9 Å². The van der Waals surface area contributed by atoms with Crippen LogP contribution in [-0.2, 0) is 35.1 Å². The van der Waals surface area contributed by atoms with E-state index in [1.807, 2.05) is 66.7 Å². The molecule has 2 aromatic rings. The molecule has 0 aromatic heterocycles. The fourth-order valence-corrected chi connectivity index (χ4v) is 3.97. The van der Waals surface area contributed by atoms with Crippen molar-refractivity contribution in [3.8, 4) is 6.07 Å². The zero-order chi connectivity index (χ0) is 22.3. The first-order valence-electron chi connectivity index (χ1n) is 10.5. The molecule has 168 valence electrons. The van der Waals surface area contributed by atoms with Crippen LogP contribution in [0.15, 0.2) is 60.7 Å². The summed E-state index contributed by atoms with van der Waals surface area (Å²) in [5.41, 5.74) is 1.83. The lowest BCUT2D eigenvalue weighted by Crippen LogP contribution is -2.67. The topological polar surface area (TPSA) is 99.0 Å². The molecular formula is C24H26N2O6. The van der Waals surface area contributed by atoms with Gasteiger partial charge in [-0.15, -0.1) is 0 Å². The van der Waals surface area contributed by atoms with Gasteiger partial charge in [0.1, 0.15) is 31.0 Å². The Labute approximate surface area is 187 Å². The lowest BCUT2D eigenvalue weighted by Gasteiger charge is -2.49. The molecule has 1 amide bonds. The second kappa shape index (κ2) is 10.7. The van der Waals surface area contributed by atoms with Gasteiger partial charge in [0, 0.05) is 12.5 Å². The van der Waals surface area contributed by atoms with E-state index in [-0.39, 0.29) is 25.7 Å². The second-order valence-electron chi connectivity index (χ2n) is 7.68. The number of benzene rings is 2. The first-order chi connectivity index (χ1) is 15.7. The third-order valence-electron chi connectivity index (χ3n) is 5.38. The Morgan fingerprint density at radius 2 is 1.81 bits per heavy atom. The Morgan fingerprint density at radius 1 is 1.09 bits per heavy atom. The number of hydrogen-bond donors (Lipinski definition) is 1. The Hall–Kier alpha value is -2.80. The Kier molecular flexibility index (Phi) is 7.47. The van der Waals surface area contributed by atoms with Crippen LogP contribution in [-0.4, -0.2) is 49.8 Å². The van der Waals surface area contributed by atoms with Crippen molar-refractivity contribution in [3.63, 3.8) is 0 Å². The summed E-state index contributed by atoms with van der Waals surface area (Å²) in [4.78, 5) is 12.0. The molecule has 6 atom stereocenters. The van der Waals surface area contributed by atoms with Gasteiger partial charge in [0.15, 0.2) is 12.6 Å². The minimum absolute atomic E-state index is 0.157. The zero-order valence-corrected chi connectivity index (χ0v) is 17.8. The van der Waals surface area contributed by atoms with Crippen molar-refractivity contribution in [3.05, 3.63) is 71.8 Å². The van der Waals surface area contributed by atoms with Crippen LogP contribution in [0.5, 0.6) is 0 Å². The molecule has 0 unspecified atom stereocenters. The number of ether oxygens (including phenoxy) is 5. The van der Waals surface area contributed by atoms with E-state index in [0.29, 0.717) is 0 Å². The number of amides is 1. The fourth-order valence-electron chi connectivity index (χ4n) is 3.97. The minimum atomic E-state index is -0.801. The number of nitrogens with one attached hydrogen (secondary N) is 1. The highest BCUT2D eigenvalue weighted by atomic mass is 16.7. The summed E-state index contributed by atoms with van der Waals surface area (Å²) >= 11 is 0. The van der Waals surface area contributed by atoms with Gasteiger partial charge in [-0.1, -0.05) is 60.7 Å². The van der Waals surface area contributed by atoms with Crippen molar-refractivity contribution in [1.82, 2.24) is 5.32 Å². The molecule has 2 heterocycles. The summed E-state index contributed by atoms with van der Waals surface area (Å²) in [6.07, 6.45) is -3.10. The van der Waals surface area contributed by atoms with Crippen LogP contribution >= 0.6 is 0 Å². The van der Waals surface area contributed by atoms with Gasteiger partial charge in [0.25, 0.3) is 0 Å². The van der Waals surface area contributed by atoms with E-state index < -0.39 is 36.9 Å². The summed E-state index contributed by atoms with van der Waals surface area (Å²) in [5.74, 6) is -0.261. The van der Waals surface area contributed by atoms with E-state index in [2.05, 4.69) is 5.32 Å². The molecule has 2 fully saturated rings. The summed E-state index contributed by atoms with van der Waals surface area (Å²) in [6.45, 7) is 1.81. The Morgan fingerprint density at radius 3 is 2.50 bits per heavy atom. The van der Waals surface area contributed by atoms with Crippen LogP contribution in [0.1, 0.15) is 24.3 Å². The van der Waals surface area contributed by atoms with Crippen molar-refractivity contribution in [2.75, 3.05) is 13.2 Å². The van der Waals surface area contributed by atoms with E-state index in [9.17, 15) is 4.79 Å². The number of nitriles is 1. The molecule has 0 bridgehead atoms. The van der Waals surface area contributed by atoms with Crippen molar-refractivity contribution >= 4 is 5.91 Å². The normalized spacial score (nSPS) is 29.5. The van der Waals surface area contributed by atoms with E-state index in [0.717, 1.165) is 11.1 Å². The molecule has 2 aliphatic rings. The summed E-state index contributed by atoms with van der Waals surface area (Å²) in [5, 5.41) is 12.0. The summed E-state index contributed by atoms with van der Waals surface area (Å²) in [7, 11) is 0. The smallest absolute Gasteiger partial charge is 0.217 e. The van der Waals surface area contributed by atoms with Crippen LogP contribution in [0.3, 0.4) is 0 Å². The van der Waals surface area contributed by atoms with Crippen LogP contribution < -0.4 is 5.32 Å². The predicted octanol–water partition coefficient (Wildman–Crippen LogP) is 2.46. The first-order valence-corrected chi connectivity index (χ1v) is 10.5. The fraction of sp³-hybridized carbons (Fsp3) is 0.417.